The molecule has 0 saturated heterocycles. The fourth-order valence-corrected chi connectivity index (χ4v) is 3.45. The lowest BCUT2D eigenvalue weighted by Gasteiger charge is -2.04. The van der Waals surface area contributed by atoms with E-state index in [4.69, 9.17) is 5.11 Å². The fourth-order valence-electron chi connectivity index (χ4n) is 2.26. The number of hydrogen-bond donors (Lipinski definition) is 1. The van der Waals surface area contributed by atoms with Crippen molar-refractivity contribution in [1.29, 1.82) is 0 Å². The second-order valence-electron chi connectivity index (χ2n) is 5.36. The van der Waals surface area contributed by atoms with Crippen molar-refractivity contribution in [3.8, 4) is 0 Å². The van der Waals surface area contributed by atoms with Gasteiger partial charge in [-0.05, 0) is 24.6 Å². The molecule has 1 atom stereocenters. The Labute approximate surface area is 130 Å². The average Bonchev–Trinajstić information content (AvgIpc) is 2.49. The topological polar surface area (TPSA) is 54.4 Å². The van der Waals surface area contributed by atoms with Gasteiger partial charge in [-0.3, -0.25) is 4.21 Å². The molecule has 4 heteroatoms. The quantitative estimate of drug-likeness (QED) is 0.606. The number of rotatable bonds is 11. The van der Waals surface area contributed by atoms with Gasteiger partial charge in [-0.25, -0.2) is 4.79 Å². The maximum Gasteiger partial charge on any atom is 0.335 e. The summed E-state index contributed by atoms with van der Waals surface area (Å²) in [6.07, 6.45) is 9.74. The summed E-state index contributed by atoms with van der Waals surface area (Å²) in [6.45, 7) is 2.22. The van der Waals surface area contributed by atoms with Crippen molar-refractivity contribution in [2.75, 3.05) is 5.75 Å². The Kier molecular flexibility index (Phi) is 8.99. The largest absolute Gasteiger partial charge is 0.478 e. The third kappa shape index (κ3) is 7.42. The molecule has 1 N–H and O–H groups in total. The highest BCUT2D eigenvalue weighted by Gasteiger charge is 2.08. The van der Waals surface area contributed by atoms with Crippen LogP contribution in [0.1, 0.15) is 68.6 Å². The number of carboxylic acids is 1. The highest BCUT2D eigenvalue weighted by Crippen LogP contribution is 2.13. The monoisotopic (exact) mass is 310 g/mol. The zero-order chi connectivity index (χ0) is 15.5. The van der Waals surface area contributed by atoms with Gasteiger partial charge in [0.1, 0.15) is 0 Å². The zero-order valence-corrected chi connectivity index (χ0v) is 13.7. The van der Waals surface area contributed by atoms with Gasteiger partial charge in [-0.15, -0.1) is 0 Å². The molecule has 0 bridgehead atoms. The van der Waals surface area contributed by atoms with Crippen LogP contribution in [0.25, 0.3) is 0 Å². The number of unbranched alkanes of at least 4 members (excludes halogenated alkanes) is 7. The Morgan fingerprint density at radius 2 is 1.67 bits per heavy atom. The lowest BCUT2D eigenvalue weighted by molar-refractivity contribution is 0.0696. The van der Waals surface area contributed by atoms with Crippen LogP contribution in [0.4, 0.5) is 0 Å². The highest BCUT2D eigenvalue weighted by atomic mass is 32.2. The second-order valence-corrected chi connectivity index (χ2v) is 6.93. The molecule has 1 unspecified atom stereocenters. The van der Waals surface area contributed by atoms with Gasteiger partial charge < -0.3 is 5.11 Å². The number of carbonyl (C=O) groups is 1. The van der Waals surface area contributed by atoms with E-state index in [1.807, 2.05) is 0 Å². The van der Waals surface area contributed by atoms with Crippen LogP contribution < -0.4 is 0 Å². The number of carboxylic acid groups (broad SMARTS) is 1. The fraction of sp³-hybridized carbons (Fsp3) is 0.588. The first-order valence-electron chi connectivity index (χ1n) is 7.87. The molecule has 0 saturated carbocycles. The maximum atomic E-state index is 12.1. The Balaban J connectivity index is 2.22. The summed E-state index contributed by atoms with van der Waals surface area (Å²) in [6, 6.07) is 6.44. The van der Waals surface area contributed by atoms with E-state index in [0.29, 0.717) is 10.6 Å². The van der Waals surface area contributed by atoms with Crippen LogP contribution in [0, 0.1) is 0 Å². The van der Waals surface area contributed by atoms with Gasteiger partial charge in [-0.1, -0.05) is 57.9 Å². The maximum absolute atomic E-state index is 12.1. The Morgan fingerprint density at radius 3 is 2.29 bits per heavy atom. The van der Waals surface area contributed by atoms with Gasteiger partial charge in [0.05, 0.1) is 16.4 Å². The third-order valence-electron chi connectivity index (χ3n) is 3.53. The van der Waals surface area contributed by atoms with Gasteiger partial charge >= 0.3 is 5.97 Å². The normalized spacial score (nSPS) is 12.2. The molecule has 0 aromatic heterocycles. The van der Waals surface area contributed by atoms with Crippen LogP contribution in [-0.2, 0) is 10.8 Å². The molecular weight excluding hydrogens is 284 g/mol. The van der Waals surface area contributed by atoms with E-state index in [0.717, 1.165) is 12.8 Å². The second kappa shape index (κ2) is 10.6. The van der Waals surface area contributed by atoms with Crippen LogP contribution in [0.3, 0.4) is 0 Å². The molecule has 0 amide bonds. The lowest BCUT2D eigenvalue weighted by Crippen LogP contribution is -2.01. The van der Waals surface area contributed by atoms with Crippen molar-refractivity contribution in [3.05, 3.63) is 29.8 Å². The van der Waals surface area contributed by atoms with E-state index in [1.54, 1.807) is 12.1 Å². The summed E-state index contributed by atoms with van der Waals surface area (Å²) in [5, 5.41) is 8.93. The molecule has 1 rings (SSSR count). The first-order chi connectivity index (χ1) is 10.1. The average molecular weight is 310 g/mol. The molecule has 0 aliphatic rings. The predicted molar refractivity (Wildman–Crippen MR) is 87.3 cm³/mol. The summed E-state index contributed by atoms with van der Waals surface area (Å²) in [5.41, 5.74) is 0.205. The molecule has 0 heterocycles. The molecular formula is C17H26O3S. The first kappa shape index (κ1) is 17.9. The van der Waals surface area contributed by atoms with Crippen molar-refractivity contribution in [2.45, 2.75) is 63.2 Å². The van der Waals surface area contributed by atoms with Gasteiger partial charge in [0.2, 0.25) is 0 Å². The number of benzene rings is 1. The first-order valence-corrected chi connectivity index (χ1v) is 9.18. The van der Waals surface area contributed by atoms with Crippen LogP contribution in [0.5, 0.6) is 0 Å². The van der Waals surface area contributed by atoms with Gasteiger partial charge in [0.25, 0.3) is 0 Å². The molecule has 1 aromatic rings. The summed E-state index contributed by atoms with van der Waals surface area (Å²) >= 11 is 0. The van der Waals surface area contributed by atoms with E-state index in [-0.39, 0.29) is 5.56 Å². The highest BCUT2D eigenvalue weighted by molar-refractivity contribution is 7.85. The summed E-state index contributed by atoms with van der Waals surface area (Å²) in [4.78, 5) is 11.5. The molecule has 1 aromatic carbocycles. The summed E-state index contributed by atoms with van der Waals surface area (Å²) < 4.78 is 12.1. The molecule has 3 nitrogen and oxygen atoms in total. The van der Waals surface area contributed by atoms with Crippen molar-refractivity contribution >= 4 is 16.8 Å². The van der Waals surface area contributed by atoms with Crippen LogP contribution in [0.2, 0.25) is 0 Å². The van der Waals surface area contributed by atoms with Crippen molar-refractivity contribution in [1.82, 2.24) is 0 Å². The Bertz CT molecular complexity index is 457. The van der Waals surface area contributed by atoms with E-state index in [2.05, 4.69) is 6.92 Å². The van der Waals surface area contributed by atoms with E-state index < -0.39 is 16.8 Å². The number of hydrogen-bond acceptors (Lipinski definition) is 2. The van der Waals surface area contributed by atoms with Gasteiger partial charge in [0.15, 0.2) is 0 Å². The number of aromatic carboxylic acids is 1. The molecule has 0 fully saturated rings. The molecule has 0 aliphatic carbocycles. The van der Waals surface area contributed by atoms with Crippen LogP contribution in [-0.4, -0.2) is 21.0 Å². The van der Waals surface area contributed by atoms with Gasteiger partial charge in [-0.2, -0.15) is 0 Å². The van der Waals surface area contributed by atoms with Crippen LogP contribution >= 0.6 is 0 Å². The van der Waals surface area contributed by atoms with Gasteiger partial charge in [0, 0.05) is 10.6 Å². The SMILES string of the molecule is CCCCCCCCCCS(=O)c1cccc(C(=O)O)c1. The summed E-state index contributed by atoms with van der Waals surface area (Å²) in [5.74, 6) is -0.348. The standard InChI is InChI=1S/C17H26O3S/c1-2-3-4-5-6-7-8-9-13-21(20)16-12-10-11-15(14-16)17(18)19/h10-12,14H,2-9,13H2,1H3,(H,18,19). The smallest absolute Gasteiger partial charge is 0.335 e. The van der Waals surface area contributed by atoms with E-state index >= 15 is 0 Å². The minimum atomic E-state index is -1.08. The van der Waals surface area contributed by atoms with Crippen molar-refractivity contribution < 1.29 is 14.1 Å². The minimum Gasteiger partial charge on any atom is -0.478 e. The van der Waals surface area contributed by atoms with E-state index in [1.165, 1.54) is 50.7 Å². The van der Waals surface area contributed by atoms with Crippen molar-refractivity contribution in [3.63, 3.8) is 0 Å². The minimum absolute atomic E-state index is 0.205. The Morgan fingerprint density at radius 1 is 1.05 bits per heavy atom. The zero-order valence-electron chi connectivity index (χ0n) is 12.8. The lowest BCUT2D eigenvalue weighted by atomic mass is 10.1. The molecule has 21 heavy (non-hydrogen) atoms. The predicted octanol–water partition coefficient (Wildman–Crippen LogP) is 4.63. The molecule has 0 aliphatic heterocycles. The third-order valence-corrected chi connectivity index (χ3v) is 4.97. The summed E-state index contributed by atoms with van der Waals surface area (Å²) in [7, 11) is -1.08. The van der Waals surface area contributed by atoms with Crippen molar-refractivity contribution in [2.24, 2.45) is 0 Å². The molecule has 0 spiro atoms. The van der Waals surface area contributed by atoms with Crippen LogP contribution in [0.15, 0.2) is 29.2 Å². The Hall–Kier alpha value is -1.16. The molecule has 0 radical (unpaired) electrons. The molecule has 118 valence electrons. The van der Waals surface area contributed by atoms with E-state index in [9.17, 15) is 9.00 Å².